The Morgan fingerprint density at radius 3 is 2.74 bits per heavy atom. The van der Waals surface area contributed by atoms with Crippen molar-refractivity contribution in [2.75, 3.05) is 6.54 Å². The lowest BCUT2D eigenvalue weighted by molar-refractivity contribution is 0.0797. The van der Waals surface area contributed by atoms with Crippen molar-refractivity contribution >= 4 is 21.6 Å². The van der Waals surface area contributed by atoms with Crippen LogP contribution in [0.15, 0.2) is 41.3 Å². The van der Waals surface area contributed by atoms with Crippen LogP contribution >= 0.6 is 11.6 Å². The van der Waals surface area contributed by atoms with E-state index >= 15 is 0 Å². The smallest absolute Gasteiger partial charge is 0.242 e. The van der Waals surface area contributed by atoms with E-state index in [4.69, 9.17) is 11.6 Å². The van der Waals surface area contributed by atoms with Gasteiger partial charge in [0.25, 0.3) is 0 Å². The largest absolute Gasteiger partial charge is 0.384 e. The predicted molar refractivity (Wildman–Crippen MR) is 74.6 cm³/mol. The highest BCUT2D eigenvalue weighted by atomic mass is 35.5. The summed E-state index contributed by atoms with van der Waals surface area (Å²) in [6.07, 6.45) is 5.84. The lowest BCUT2D eigenvalue weighted by Gasteiger charge is -2.27. The zero-order chi connectivity index (χ0) is 13.9. The molecule has 0 bridgehead atoms. The molecule has 1 aliphatic carbocycles. The first-order valence-corrected chi connectivity index (χ1v) is 7.93. The molecule has 104 valence electrons. The van der Waals surface area contributed by atoms with Crippen LogP contribution in [0.1, 0.15) is 19.3 Å². The van der Waals surface area contributed by atoms with E-state index in [0.717, 1.165) is 12.8 Å². The molecule has 0 saturated carbocycles. The molecular weight excluding hydrogens is 286 g/mol. The van der Waals surface area contributed by atoms with E-state index in [1.165, 1.54) is 12.1 Å². The summed E-state index contributed by atoms with van der Waals surface area (Å²) >= 11 is 5.87. The summed E-state index contributed by atoms with van der Waals surface area (Å²) in [7, 11) is -3.70. The highest BCUT2D eigenvalue weighted by molar-refractivity contribution is 7.89. The van der Waals surface area contributed by atoms with Crippen molar-refractivity contribution in [1.29, 1.82) is 0 Å². The van der Waals surface area contributed by atoms with E-state index in [9.17, 15) is 13.5 Å². The van der Waals surface area contributed by atoms with Crippen molar-refractivity contribution in [3.05, 3.63) is 41.4 Å². The standard InChI is InChI=1S/C13H16ClNO3S/c14-11-6-2-3-7-12(11)19(17,18)15-10-13(16)8-4-1-5-9-13/h2-4,6-8,15-16H,1,5,9-10H2. The number of hydrogen-bond acceptors (Lipinski definition) is 3. The number of nitrogens with one attached hydrogen (secondary N) is 1. The zero-order valence-electron chi connectivity index (χ0n) is 10.3. The van der Waals surface area contributed by atoms with Crippen LogP contribution in [0.4, 0.5) is 0 Å². The van der Waals surface area contributed by atoms with E-state index < -0.39 is 15.6 Å². The Bertz CT molecular complexity index is 585. The van der Waals surface area contributed by atoms with Crippen LogP contribution in [0.2, 0.25) is 5.02 Å². The van der Waals surface area contributed by atoms with Crippen molar-refractivity contribution in [3.63, 3.8) is 0 Å². The fraction of sp³-hybridized carbons (Fsp3) is 0.385. The van der Waals surface area contributed by atoms with Crippen molar-refractivity contribution in [2.45, 2.75) is 29.8 Å². The van der Waals surface area contributed by atoms with Gasteiger partial charge in [0, 0.05) is 6.54 Å². The molecule has 19 heavy (non-hydrogen) atoms. The Balaban J connectivity index is 2.12. The van der Waals surface area contributed by atoms with Gasteiger partial charge in [-0.1, -0.05) is 35.9 Å². The second-order valence-corrected chi connectivity index (χ2v) is 6.80. The third kappa shape index (κ3) is 3.57. The lowest BCUT2D eigenvalue weighted by atomic mass is 9.91. The first-order chi connectivity index (χ1) is 8.93. The highest BCUT2D eigenvalue weighted by Gasteiger charge is 2.28. The molecule has 2 rings (SSSR count). The minimum absolute atomic E-state index is 0.0278. The molecule has 1 unspecified atom stereocenters. The molecule has 0 amide bonds. The maximum atomic E-state index is 12.1. The average Bonchev–Trinajstić information content (AvgIpc) is 2.38. The Morgan fingerprint density at radius 1 is 1.37 bits per heavy atom. The summed E-state index contributed by atoms with van der Waals surface area (Å²) in [5.41, 5.74) is -1.10. The Labute approximate surface area is 118 Å². The fourth-order valence-corrected chi connectivity index (χ4v) is 3.64. The molecule has 6 heteroatoms. The number of allylic oxidation sites excluding steroid dienone is 1. The van der Waals surface area contributed by atoms with Crippen LogP contribution < -0.4 is 4.72 Å². The first-order valence-electron chi connectivity index (χ1n) is 6.07. The molecular formula is C13H16ClNO3S. The Hall–Kier alpha value is -0.880. The van der Waals surface area contributed by atoms with Gasteiger partial charge < -0.3 is 5.11 Å². The lowest BCUT2D eigenvalue weighted by Crippen LogP contribution is -2.42. The van der Waals surface area contributed by atoms with E-state index in [1.54, 1.807) is 18.2 Å². The predicted octanol–water partition coefficient (Wildman–Crippen LogP) is 2.09. The summed E-state index contributed by atoms with van der Waals surface area (Å²) in [6.45, 7) is -0.0446. The molecule has 1 aromatic rings. The second kappa shape index (κ2) is 5.63. The third-order valence-corrected chi connectivity index (χ3v) is 5.00. The zero-order valence-corrected chi connectivity index (χ0v) is 11.9. The average molecular weight is 302 g/mol. The fourth-order valence-electron chi connectivity index (χ4n) is 2.02. The monoisotopic (exact) mass is 301 g/mol. The van der Waals surface area contributed by atoms with Crippen LogP contribution in [0, 0.1) is 0 Å². The molecule has 1 atom stereocenters. The van der Waals surface area contributed by atoms with Gasteiger partial charge in [0.2, 0.25) is 10.0 Å². The topological polar surface area (TPSA) is 66.4 Å². The van der Waals surface area contributed by atoms with Crippen LogP contribution in [-0.4, -0.2) is 25.7 Å². The number of hydrogen-bond donors (Lipinski definition) is 2. The molecule has 2 N–H and O–H groups in total. The number of sulfonamides is 1. The molecule has 4 nitrogen and oxygen atoms in total. The molecule has 1 aliphatic rings. The molecule has 1 aromatic carbocycles. The number of rotatable bonds is 4. The van der Waals surface area contributed by atoms with E-state index in [1.807, 2.05) is 6.08 Å². The highest BCUT2D eigenvalue weighted by Crippen LogP contribution is 2.23. The van der Waals surface area contributed by atoms with Gasteiger partial charge in [-0.25, -0.2) is 13.1 Å². The second-order valence-electron chi connectivity index (χ2n) is 4.65. The van der Waals surface area contributed by atoms with Gasteiger partial charge in [0.15, 0.2) is 0 Å². The normalized spacial score (nSPS) is 23.5. The van der Waals surface area contributed by atoms with Crippen molar-refractivity contribution in [2.24, 2.45) is 0 Å². The maximum Gasteiger partial charge on any atom is 0.242 e. The summed E-state index contributed by atoms with van der Waals surface area (Å²) in [4.78, 5) is 0.0278. The van der Waals surface area contributed by atoms with Crippen LogP contribution in [-0.2, 0) is 10.0 Å². The summed E-state index contributed by atoms with van der Waals surface area (Å²) in [6, 6.07) is 6.23. The van der Waals surface area contributed by atoms with Gasteiger partial charge >= 0.3 is 0 Å². The van der Waals surface area contributed by atoms with Crippen molar-refractivity contribution < 1.29 is 13.5 Å². The van der Waals surface area contributed by atoms with Gasteiger partial charge in [-0.15, -0.1) is 0 Å². The summed E-state index contributed by atoms with van der Waals surface area (Å²) in [5.74, 6) is 0. The number of benzene rings is 1. The maximum absolute atomic E-state index is 12.1. The Morgan fingerprint density at radius 2 is 2.11 bits per heavy atom. The van der Waals surface area contributed by atoms with Crippen molar-refractivity contribution in [1.82, 2.24) is 4.72 Å². The van der Waals surface area contributed by atoms with Gasteiger partial charge in [0.1, 0.15) is 4.90 Å². The first kappa shape index (κ1) is 14.5. The molecule has 0 aliphatic heterocycles. The number of aliphatic hydroxyl groups is 1. The SMILES string of the molecule is O=S(=O)(NCC1(O)C=CCCC1)c1ccccc1Cl. The Kier molecular flexibility index (Phi) is 4.30. The molecule has 0 heterocycles. The molecule has 0 saturated heterocycles. The van der Waals surface area contributed by atoms with Crippen LogP contribution in [0.5, 0.6) is 0 Å². The molecule has 0 aromatic heterocycles. The molecule has 0 radical (unpaired) electrons. The van der Waals surface area contributed by atoms with Gasteiger partial charge in [-0.2, -0.15) is 0 Å². The van der Waals surface area contributed by atoms with Crippen LogP contribution in [0.25, 0.3) is 0 Å². The third-order valence-electron chi connectivity index (χ3n) is 3.10. The molecule has 0 fully saturated rings. The quantitative estimate of drug-likeness (QED) is 0.837. The van der Waals surface area contributed by atoms with E-state index in [0.29, 0.717) is 6.42 Å². The van der Waals surface area contributed by atoms with Gasteiger partial charge in [0.05, 0.1) is 10.6 Å². The van der Waals surface area contributed by atoms with Gasteiger partial charge in [-0.3, -0.25) is 0 Å². The van der Waals surface area contributed by atoms with E-state index in [2.05, 4.69) is 4.72 Å². The van der Waals surface area contributed by atoms with Crippen LogP contribution in [0.3, 0.4) is 0 Å². The number of halogens is 1. The van der Waals surface area contributed by atoms with E-state index in [-0.39, 0.29) is 16.5 Å². The molecule has 0 spiro atoms. The summed E-state index contributed by atoms with van der Waals surface area (Å²) < 4.78 is 26.6. The minimum atomic E-state index is -3.70. The minimum Gasteiger partial charge on any atom is -0.384 e. The van der Waals surface area contributed by atoms with Gasteiger partial charge in [-0.05, 0) is 31.4 Å². The summed E-state index contributed by atoms with van der Waals surface area (Å²) in [5, 5.41) is 10.4. The van der Waals surface area contributed by atoms with Crippen molar-refractivity contribution in [3.8, 4) is 0 Å².